The highest BCUT2D eigenvalue weighted by atomic mass is 14.7. The van der Waals surface area contributed by atoms with Crippen molar-refractivity contribution in [3.05, 3.63) is 175 Å². The van der Waals surface area contributed by atoms with Gasteiger partial charge in [-0.3, -0.25) is 4.98 Å². The minimum atomic E-state index is 0.907. The summed E-state index contributed by atoms with van der Waals surface area (Å²) >= 11 is 0. The number of hydrogen-bond donors (Lipinski definition) is 0. The molecule has 0 bridgehead atoms. The van der Waals surface area contributed by atoms with E-state index in [1.165, 1.54) is 87.6 Å². The van der Waals surface area contributed by atoms with Crippen LogP contribution in [-0.2, 0) is 6.42 Å². The van der Waals surface area contributed by atoms with E-state index in [1.54, 1.807) is 0 Å². The molecule has 9 aromatic rings. The second kappa shape index (κ2) is 10.2. The molecule has 0 unspecified atom stereocenters. The molecule has 8 aromatic carbocycles. The van der Waals surface area contributed by atoms with Gasteiger partial charge >= 0.3 is 0 Å². The monoisotopic (exact) mass is 595 g/mol. The van der Waals surface area contributed by atoms with Gasteiger partial charge in [0.05, 0.1) is 5.69 Å². The van der Waals surface area contributed by atoms with E-state index in [9.17, 15) is 0 Å². The Labute approximate surface area is 273 Å². The van der Waals surface area contributed by atoms with Crippen LogP contribution in [0, 0.1) is 0 Å². The molecule has 0 N–H and O–H groups in total. The number of pyridine rings is 1. The fourth-order valence-corrected chi connectivity index (χ4v) is 7.94. The SMILES string of the molecule is c1ccc2c(c1)Cc1c-2ccnc1-c1ccc2c(-c3ccc4ccccc4c3)c3ccccc3c(-c3ccc4ccccc4c3)c2c1. The molecule has 0 amide bonds. The van der Waals surface area contributed by atoms with E-state index in [2.05, 4.69) is 158 Å². The van der Waals surface area contributed by atoms with Gasteiger partial charge in [0.1, 0.15) is 0 Å². The zero-order valence-electron chi connectivity index (χ0n) is 25.7. The number of benzene rings is 8. The van der Waals surface area contributed by atoms with Crippen LogP contribution in [0.5, 0.6) is 0 Å². The molecule has 10 rings (SSSR count). The maximum Gasteiger partial charge on any atom is 0.0743 e. The van der Waals surface area contributed by atoms with E-state index in [-0.39, 0.29) is 0 Å². The van der Waals surface area contributed by atoms with E-state index in [0.717, 1.165) is 17.7 Å². The van der Waals surface area contributed by atoms with Crippen molar-refractivity contribution >= 4 is 43.1 Å². The van der Waals surface area contributed by atoms with Crippen LogP contribution in [0.2, 0.25) is 0 Å². The van der Waals surface area contributed by atoms with Crippen LogP contribution in [0.15, 0.2) is 164 Å². The quantitative estimate of drug-likeness (QED) is 0.185. The molecule has 1 heterocycles. The van der Waals surface area contributed by atoms with E-state index in [1.807, 2.05) is 6.20 Å². The van der Waals surface area contributed by atoms with Crippen LogP contribution in [0.3, 0.4) is 0 Å². The molecule has 0 fully saturated rings. The lowest BCUT2D eigenvalue weighted by Gasteiger charge is -2.19. The fraction of sp³-hybridized carbons (Fsp3) is 0.0217. The van der Waals surface area contributed by atoms with Crippen molar-refractivity contribution in [3.8, 4) is 44.6 Å². The first-order valence-corrected chi connectivity index (χ1v) is 16.3. The summed E-state index contributed by atoms with van der Waals surface area (Å²) in [7, 11) is 0. The zero-order valence-corrected chi connectivity index (χ0v) is 25.7. The molecule has 1 nitrogen and oxygen atoms in total. The summed E-state index contributed by atoms with van der Waals surface area (Å²) in [5, 5.41) is 10.0. The summed E-state index contributed by atoms with van der Waals surface area (Å²) < 4.78 is 0. The van der Waals surface area contributed by atoms with Crippen molar-refractivity contribution in [2.24, 2.45) is 0 Å². The number of aromatic nitrogens is 1. The minimum absolute atomic E-state index is 0.907. The van der Waals surface area contributed by atoms with Crippen molar-refractivity contribution in [2.75, 3.05) is 0 Å². The second-order valence-corrected chi connectivity index (χ2v) is 12.7. The Morgan fingerprint density at radius 1 is 0.383 bits per heavy atom. The Morgan fingerprint density at radius 3 is 1.64 bits per heavy atom. The minimum Gasteiger partial charge on any atom is -0.256 e. The molecule has 0 radical (unpaired) electrons. The highest BCUT2D eigenvalue weighted by Crippen LogP contribution is 2.47. The Bertz CT molecular complexity index is 2720. The molecule has 1 aliphatic carbocycles. The smallest absolute Gasteiger partial charge is 0.0743 e. The van der Waals surface area contributed by atoms with E-state index >= 15 is 0 Å². The van der Waals surface area contributed by atoms with Crippen LogP contribution in [-0.4, -0.2) is 4.98 Å². The van der Waals surface area contributed by atoms with Crippen molar-refractivity contribution in [2.45, 2.75) is 6.42 Å². The van der Waals surface area contributed by atoms with Gasteiger partial charge in [-0.05, 0) is 112 Å². The number of rotatable bonds is 3. The lowest BCUT2D eigenvalue weighted by atomic mass is 9.84. The van der Waals surface area contributed by atoms with Gasteiger partial charge in [-0.25, -0.2) is 0 Å². The average Bonchev–Trinajstić information content (AvgIpc) is 3.52. The first kappa shape index (κ1) is 26.2. The molecule has 1 aliphatic rings. The molecule has 0 saturated carbocycles. The topological polar surface area (TPSA) is 12.9 Å². The maximum absolute atomic E-state index is 5.03. The molecular formula is C46H29N. The van der Waals surface area contributed by atoms with Crippen LogP contribution in [0.4, 0.5) is 0 Å². The van der Waals surface area contributed by atoms with Gasteiger partial charge in [-0.1, -0.05) is 133 Å². The van der Waals surface area contributed by atoms with Crippen molar-refractivity contribution < 1.29 is 0 Å². The maximum atomic E-state index is 5.03. The van der Waals surface area contributed by atoms with Gasteiger partial charge in [0.25, 0.3) is 0 Å². The zero-order chi connectivity index (χ0) is 30.9. The number of fused-ring (bicyclic) bond motifs is 7. The average molecular weight is 596 g/mol. The Hall–Kier alpha value is -6.05. The molecule has 47 heavy (non-hydrogen) atoms. The van der Waals surface area contributed by atoms with Gasteiger partial charge in [0, 0.05) is 18.2 Å². The van der Waals surface area contributed by atoms with Crippen LogP contribution < -0.4 is 0 Å². The Kier molecular flexibility index (Phi) is 5.70. The normalized spacial score (nSPS) is 12.2. The molecular weight excluding hydrogens is 567 g/mol. The molecule has 0 atom stereocenters. The molecule has 0 aliphatic heterocycles. The van der Waals surface area contributed by atoms with E-state index in [0.29, 0.717) is 0 Å². The molecule has 218 valence electrons. The first-order valence-electron chi connectivity index (χ1n) is 16.3. The predicted octanol–water partition coefficient (Wildman–Crippen LogP) is 12.3. The van der Waals surface area contributed by atoms with Crippen molar-refractivity contribution in [1.29, 1.82) is 0 Å². The molecule has 0 spiro atoms. The fourth-order valence-electron chi connectivity index (χ4n) is 7.94. The summed E-state index contributed by atoms with van der Waals surface area (Å²) in [6.45, 7) is 0. The third-order valence-corrected chi connectivity index (χ3v) is 10.1. The third kappa shape index (κ3) is 4.07. The van der Waals surface area contributed by atoms with Gasteiger partial charge in [0.2, 0.25) is 0 Å². The predicted molar refractivity (Wildman–Crippen MR) is 199 cm³/mol. The Balaban J connectivity index is 1.30. The van der Waals surface area contributed by atoms with Crippen LogP contribution in [0.1, 0.15) is 11.1 Å². The van der Waals surface area contributed by atoms with Crippen molar-refractivity contribution in [1.82, 2.24) is 4.98 Å². The summed E-state index contributed by atoms with van der Waals surface area (Å²) in [4.78, 5) is 5.03. The highest BCUT2D eigenvalue weighted by molar-refractivity contribution is 6.22. The molecule has 1 heteroatoms. The summed E-state index contributed by atoms with van der Waals surface area (Å²) in [6.07, 6.45) is 2.88. The molecule has 1 aromatic heterocycles. The van der Waals surface area contributed by atoms with Gasteiger partial charge in [0.15, 0.2) is 0 Å². The van der Waals surface area contributed by atoms with Crippen LogP contribution in [0.25, 0.3) is 87.7 Å². The van der Waals surface area contributed by atoms with Crippen molar-refractivity contribution in [3.63, 3.8) is 0 Å². The van der Waals surface area contributed by atoms with Crippen LogP contribution >= 0.6 is 0 Å². The lowest BCUT2D eigenvalue weighted by molar-refractivity contribution is 1.21. The highest BCUT2D eigenvalue weighted by Gasteiger charge is 2.23. The first-order chi connectivity index (χ1) is 23.3. The summed E-state index contributed by atoms with van der Waals surface area (Å²) in [5.74, 6) is 0. The summed E-state index contributed by atoms with van der Waals surface area (Å²) in [5.41, 5.74) is 12.6. The summed E-state index contributed by atoms with van der Waals surface area (Å²) in [6, 6.07) is 58.0. The molecule has 0 saturated heterocycles. The number of nitrogens with zero attached hydrogens (tertiary/aromatic N) is 1. The van der Waals surface area contributed by atoms with Gasteiger partial charge in [-0.2, -0.15) is 0 Å². The third-order valence-electron chi connectivity index (χ3n) is 10.1. The number of hydrogen-bond acceptors (Lipinski definition) is 1. The van der Waals surface area contributed by atoms with Gasteiger partial charge < -0.3 is 0 Å². The van der Waals surface area contributed by atoms with E-state index in [4.69, 9.17) is 4.98 Å². The second-order valence-electron chi connectivity index (χ2n) is 12.7. The standard InChI is InChI=1S/C46H29N/c1-3-11-31-25-34(19-17-29(31)9-1)44-39-15-7-8-16-40(39)45(35-20-18-30-10-2-4-12-32(30)26-35)42-28-36(21-22-41(42)44)46-43-27-33-13-5-6-14-37(33)38(43)23-24-47-46/h1-26,28H,27H2. The lowest BCUT2D eigenvalue weighted by Crippen LogP contribution is -1.94. The van der Waals surface area contributed by atoms with E-state index < -0.39 is 0 Å². The largest absolute Gasteiger partial charge is 0.256 e. The Morgan fingerprint density at radius 2 is 0.936 bits per heavy atom. The van der Waals surface area contributed by atoms with Gasteiger partial charge in [-0.15, -0.1) is 0 Å².